The summed E-state index contributed by atoms with van der Waals surface area (Å²) in [5.41, 5.74) is 16.8. The van der Waals surface area contributed by atoms with Gasteiger partial charge in [-0.2, -0.15) is 0 Å². The van der Waals surface area contributed by atoms with Crippen LogP contribution < -0.4 is 9.80 Å². The Morgan fingerprint density at radius 2 is 0.545 bits per heavy atom. The Bertz CT molecular complexity index is 3540. The number of para-hydroxylation sites is 2. The van der Waals surface area contributed by atoms with E-state index in [1.54, 1.807) is 0 Å². The van der Waals surface area contributed by atoms with Gasteiger partial charge >= 0.3 is 0 Å². The maximum atomic E-state index is 2.39. The molecular weight excluding hydrogens is 797 g/mol. The third kappa shape index (κ3) is 6.04. The van der Waals surface area contributed by atoms with Crippen LogP contribution in [-0.4, -0.2) is 0 Å². The van der Waals surface area contributed by atoms with Crippen molar-refractivity contribution >= 4 is 77.2 Å². The number of hydrogen-bond acceptors (Lipinski definition) is 2. The lowest BCUT2D eigenvalue weighted by Gasteiger charge is -2.27. The number of hydrogen-bond donors (Lipinski definition) is 0. The summed E-state index contributed by atoms with van der Waals surface area (Å²) in [4.78, 5) is 4.77. The molecule has 0 atom stereocenters. The van der Waals surface area contributed by atoms with Gasteiger partial charge in [0.25, 0.3) is 0 Å². The van der Waals surface area contributed by atoms with Crippen LogP contribution in [0.5, 0.6) is 0 Å². The Labute approximate surface area is 384 Å². The van der Waals surface area contributed by atoms with Crippen molar-refractivity contribution in [3.05, 3.63) is 255 Å². The fourth-order valence-electron chi connectivity index (χ4n) is 10.7. The molecule has 0 fully saturated rings. The number of fused-ring (bicyclic) bond motifs is 6. The molecule has 2 heteroatoms. The first kappa shape index (κ1) is 37.8. The fourth-order valence-corrected chi connectivity index (χ4v) is 10.7. The quantitative estimate of drug-likeness (QED) is 0.150. The van der Waals surface area contributed by atoms with Gasteiger partial charge in [-0.3, -0.25) is 0 Å². The molecule has 1 aliphatic carbocycles. The Hall–Kier alpha value is -8.72. The third-order valence-electron chi connectivity index (χ3n) is 13.5. The van der Waals surface area contributed by atoms with Crippen LogP contribution in [0.4, 0.5) is 34.1 Å². The van der Waals surface area contributed by atoms with Gasteiger partial charge in [0.15, 0.2) is 0 Å². The molecule has 0 aliphatic heterocycles. The van der Waals surface area contributed by atoms with Crippen molar-refractivity contribution < 1.29 is 0 Å². The number of anilines is 6. The highest BCUT2D eigenvalue weighted by molar-refractivity contribution is 6.27. The second kappa shape index (κ2) is 15.5. The lowest BCUT2D eigenvalue weighted by molar-refractivity contribution is 1.30. The van der Waals surface area contributed by atoms with Gasteiger partial charge in [-0.15, -0.1) is 0 Å². The Kier molecular flexibility index (Phi) is 8.89. The van der Waals surface area contributed by atoms with Gasteiger partial charge in [0.2, 0.25) is 0 Å². The van der Waals surface area contributed by atoms with E-state index in [9.17, 15) is 0 Å². The molecule has 0 N–H and O–H groups in total. The van der Waals surface area contributed by atoms with Gasteiger partial charge in [0.1, 0.15) is 0 Å². The van der Waals surface area contributed by atoms with E-state index in [2.05, 4.69) is 265 Å². The monoisotopic (exact) mass is 838 g/mol. The lowest BCUT2D eigenvalue weighted by Crippen LogP contribution is -2.10. The topological polar surface area (TPSA) is 6.48 Å². The summed E-state index contributed by atoms with van der Waals surface area (Å²) < 4.78 is 0. The second-order valence-corrected chi connectivity index (χ2v) is 17.2. The van der Waals surface area contributed by atoms with Gasteiger partial charge in [0, 0.05) is 33.5 Å². The smallest absolute Gasteiger partial charge is 0.0540 e. The Balaban J connectivity index is 1.00. The van der Waals surface area contributed by atoms with Crippen molar-refractivity contribution in [2.75, 3.05) is 9.80 Å². The zero-order valence-electron chi connectivity index (χ0n) is 36.1. The first-order chi connectivity index (χ1) is 32.8. The molecule has 12 aromatic rings. The Morgan fingerprint density at radius 1 is 0.212 bits per heavy atom. The SMILES string of the molecule is c1ccc(N(c2ccc(-c3c4c(c(-c5ccc(N(c6ccccc6)c6cccc7ccccc67)cc5)c5ccccc35)-c3cccc5cccc-4c35)cc2)c2cccc3ccccc23)cc1. The van der Waals surface area contributed by atoms with Crippen molar-refractivity contribution in [3.63, 3.8) is 0 Å². The summed E-state index contributed by atoms with van der Waals surface area (Å²) in [5, 5.41) is 9.92. The van der Waals surface area contributed by atoms with Gasteiger partial charge in [-0.05, 0) is 137 Å². The molecule has 0 spiro atoms. The maximum absolute atomic E-state index is 2.39. The minimum absolute atomic E-state index is 1.11. The summed E-state index contributed by atoms with van der Waals surface area (Å²) in [7, 11) is 0. The molecule has 0 unspecified atom stereocenters. The molecule has 0 bridgehead atoms. The van der Waals surface area contributed by atoms with E-state index in [0.29, 0.717) is 0 Å². The summed E-state index contributed by atoms with van der Waals surface area (Å²) in [5.74, 6) is 0. The molecule has 1 aliphatic rings. The normalized spacial score (nSPS) is 11.6. The van der Waals surface area contributed by atoms with E-state index in [1.807, 2.05) is 0 Å². The van der Waals surface area contributed by atoms with Crippen LogP contribution in [-0.2, 0) is 0 Å². The molecule has 0 saturated heterocycles. The number of rotatable bonds is 8. The standard InChI is InChI=1S/C64H42N2/c1-3-23-48(24-4-1)65(58-33-15-19-43-17-7-9-27-52(43)58)50-39-35-46(36-40-50)61-54-29-11-12-30-55(54)62(64-57-32-14-22-45-21-13-31-56(60(45)57)63(61)64)47-37-41-51(42-38-47)66(49-25-5-2-6-26-49)59-34-16-20-44-18-8-10-28-53(44)59/h1-42H. The van der Waals surface area contributed by atoms with Gasteiger partial charge in [-0.25, -0.2) is 0 Å². The van der Waals surface area contributed by atoms with E-state index in [4.69, 9.17) is 0 Å². The average molecular weight is 839 g/mol. The minimum Gasteiger partial charge on any atom is -0.310 e. The average Bonchev–Trinajstić information content (AvgIpc) is 3.72. The zero-order valence-corrected chi connectivity index (χ0v) is 36.1. The molecule has 308 valence electrons. The lowest BCUT2D eigenvalue weighted by atomic mass is 9.82. The molecular formula is C64H42N2. The summed E-state index contributed by atoms with van der Waals surface area (Å²) in [6.45, 7) is 0. The predicted octanol–water partition coefficient (Wildman–Crippen LogP) is 18.2. The summed E-state index contributed by atoms with van der Waals surface area (Å²) in [6, 6.07) is 93.1. The van der Waals surface area contributed by atoms with Crippen LogP contribution in [0.3, 0.4) is 0 Å². The van der Waals surface area contributed by atoms with Gasteiger partial charge in [0.05, 0.1) is 11.4 Å². The minimum atomic E-state index is 1.11. The molecule has 66 heavy (non-hydrogen) atoms. The second-order valence-electron chi connectivity index (χ2n) is 17.2. The molecule has 0 radical (unpaired) electrons. The van der Waals surface area contributed by atoms with Crippen molar-refractivity contribution in [1.29, 1.82) is 0 Å². The molecule has 13 rings (SSSR count). The largest absolute Gasteiger partial charge is 0.310 e. The Morgan fingerprint density at radius 3 is 0.985 bits per heavy atom. The first-order valence-electron chi connectivity index (χ1n) is 22.8. The molecule has 0 amide bonds. The molecule has 0 saturated carbocycles. The van der Waals surface area contributed by atoms with Gasteiger partial charge < -0.3 is 9.80 Å². The van der Waals surface area contributed by atoms with E-state index in [1.165, 1.54) is 87.6 Å². The van der Waals surface area contributed by atoms with Crippen LogP contribution in [0, 0.1) is 0 Å². The van der Waals surface area contributed by atoms with E-state index in [-0.39, 0.29) is 0 Å². The van der Waals surface area contributed by atoms with Crippen molar-refractivity contribution in [2.45, 2.75) is 0 Å². The fraction of sp³-hybridized carbons (Fsp3) is 0. The van der Waals surface area contributed by atoms with Crippen LogP contribution >= 0.6 is 0 Å². The van der Waals surface area contributed by atoms with E-state index < -0.39 is 0 Å². The van der Waals surface area contributed by atoms with Crippen molar-refractivity contribution in [1.82, 2.24) is 0 Å². The number of nitrogens with zero attached hydrogens (tertiary/aromatic N) is 2. The van der Waals surface area contributed by atoms with E-state index in [0.717, 1.165) is 34.1 Å². The van der Waals surface area contributed by atoms with E-state index >= 15 is 0 Å². The maximum Gasteiger partial charge on any atom is 0.0540 e. The molecule has 12 aromatic carbocycles. The predicted molar refractivity (Wildman–Crippen MR) is 281 cm³/mol. The van der Waals surface area contributed by atoms with Crippen LogP contribution in [0.1, 0.15) is 0 Å². The molecule has 0 heterocycles. The highest BCUT2D eigenvalue weighted by atomic mass is 15.1. The number of benzene rings is 12. The highest BCUT2D eigenvalue weighted by Crippen LogP contribution is 2.58. The van der Waals surface area contributed by atoms with Crippen LogP contribution in [0.2, 0.25) is 0 Å². The molecule has 2 nitrogen and oxygen atoms in total. The molecule has 0 aromatic heterocycles. The van der Waals surface area contributed by atoms with Crippen molar-refractivity contribution in [2.24, 2.45) is 0 Å². The first-order valence-corrected chi connectivity index (χ1v) is 22.8. The summed E-state index contributed by atoms with van der Waals surface area (Å²) >= 11 is 0. The summed E-state index contributed by atoms with van der Waals surface area (Å²) in [6.07, 6.45) is 0. The van der Waals surface area contributed by atoms with Gasteiger partial charge in [-0.1, -0.05) is 194 Å². The van der Waals surface area contributed by atoms with Crippen molar-refractivity contribution in [3.8, 4) is 44.5 Å². The highest BCUT2D eigenvalue weighted by Gasteiger charge is 2.31. The van der Waals surface area contributed by atoms with Crippen LogP contribution in [0.15, 0.2) is 255 Å². The van der Waals surface area contributed by atoms with Crippen LogP contribution in [0.25, 0.3) is 87.6 Å². The third-order valence-corrected chi connectivity index (χ3v) is 13.5. The zero-order chi connectivity index (χ0) is 43.6.